The molecule has 0 bridgehead atoms. The van der Waals surface area contributed by atoms with Gasteiger partial charge in [0, 0.05) is 6.20 Å². The fourth-order valence-electron chi connectivity index (χ4n) is 1.80. The average Bonchev–Trinajstić information content (AvgIpc) is 2.46. The van der Waals surface area contributed by atoms with Gasteiger partial charge in [0.15, 0.2) is 0 Å². The first-order valence-electron chi connectivity index (χ1n) is 5.95. The zero-order valence-corrected chi connectivity index (χ0v) is 11.7. The van der Waals surface area contributed by atoms with E-state index in [1.165, 1.54) is 13.2 Å². The zero-order chi connectivity index (χ0) is 15.6. The van der Waals surface area contributed by atoms with Gasteiger partial charge >= 0.3 is 6.18 Å². The summed E-state index contributed by atoms with van der Waals surface area (Å²) in [4.78, 5) is 3.78. The number of nitrogens with two attached hydrogens (primary N) is 1. The molecule has 1 heterocycles. The minimum Gasteiger partial charge on any atom is -0.495 e. The van der Waals surface area contributed by atoms with Crippen molar-refractivity contribution in [2.24, 2.45) is 5.73 Å². The van der Waals surface area contributed by atoms with Crippen molar-refractivity contribution in [2.45, 2.75) is 12.2 Å². The highest BCUT2D eigenvalue weighted by Gasteiger charge is 2.30. The fraction of sp³-hybridized carbons (Fsp3) is 0.214. The molecule has 1 atom stereocenters. The molecule has 0 aliphatic rings. The molecule has 0 aliphatic carbocycles. The first-order chi connectivity index (χ1) is 9.82. The Morgan fingerprint density at radius 3 is 2.48 bits per heavy atom. The maximum Gasteiger partial charge on any atom is 0.417 e. The second-order valence-corrected chi connectivity index (χ2v) is 4.75. The van der Waals surface area contributed by atoms with Gasteiger partial charge in [-0.05, 0) is 29.8 Å². The minimum atomic E-state index is -4.42. The summed E-state index contributed by atoms with van der Waals surface area (Å²) in [5.41, 5.74) is 6.16. The Labute approximate surface area is 124 Å². The molecule has 21 heavy (non-hydrogen) atoms. The number of alkyl halides is 3. The maximum atomic E-state index is 12.5. The lowest BCUT2D eigenvalue weighted by Crippen LogP contribution is -2.15. The van der Waals surface area contributed by atoms with Crippen LogP contribution in [0.2, 0.25) is 5.02 Å². The quantitative estimate of drug-likeness (QED) is 0.936. The van der Waals surface area contributed by atoms with E-state index in [2.05, 4.69) is 4.98 Å². The third-order valence-corrected chi connectivity index (χ3v) is 3.28. The highest BCUT2D eigenvalue weighted by molar-refractivity contribution is 6.32. The number of benzene rings is 1. The van der Waals surface area contributed by atoms with Crippen molar-refractivity contribution in [3.8, 4) is 5.75 Å². The van der Waals surface area contributed by atoms with Crippen LogP contribution in [-0.4, -0.2) is 12.1 Å². The lowest BCUT2D eigenvalue weighted by molar-refractivity contribution is -0.137. The molecule has 0 amide bonds. The topological polar surface area (TPSA) is 48.1 Å². The predicted octanol–water partition coefficient (Wildman–Crippen LogP) is 3.81. The van der Waals surface area contributed by atoms with E-state index in [9.17, 15) is 13.2 Å². The molecule has 0 spiro atoms. The molecule has 0 saturated carbocycles. The number of hydrogen-bond acceptors (Lipinski definition) is 3. The molecule has 112 valence electrons. The average molecular weight is 317 g/mol. The summed E-state index contributed by atoms with van der Waals surface area (Å²) in [6.07, 6.45) is -3.65. The number of hydrogen-bond donors (Lipinski definition) is 1. The molecular formula is C14H12ClF3N2O. The van der Waals surface area contributed by atoms with Crippen molar-refractivity contribution in [3.63, 3.8) is 0 Å². The van der Waals surface area contributed by atoms with Gasteiger partial charge in [-0.25, -0.2) is 0 Å². The first kappa shape index (κ1) is 15.6. The summed E-state index contributed by atoms with van der Waals surface area (Å²) in [7, 11) is 1.47. The van der Waals surface area contributed by atoms with Crippen molar-refractivity contribution in [1.82, 2.24) is 4.98 Å². The number of aromatic nitrogens is 1. The van der Waals surface area contributed by atoms with E-state index in [-0.39, 0.29) is 0 Å². The molecule has 7 heteroatoms. The van der Waals surface area contributed by atoms with Crippen LogP contribution in [0.25, 0.3) is 0 Å². The Morgan fingerprint density at radius 1 is 1.24 bits per heavy atom. The molecule has 0 aliphatic heterocycles. The molecule has 2 rings (SSSR count). The van der Waals surface area contributed by atoms with Gasteiger partial charge in [-0.2, -0.15) is 13.2 Å². The Morgan fingerprint density at radius 2 is 1.95 bits per heavy atom. The third-order valence-electron chi connectivity index (χ3n) is 2.97. The van der Waals surface area contributed by atoms with Crippen LogP contribution in [0.3, 0.4) is 0 Å². The summed E-state index contributed by atoms with van der Waals surface area (Å²) >= 11 is 5.91. The summed E-state index contributed by atoms with van der Waals surface area (Å²) in [6, 6.07) is 6.46. The van der Waals surface area contributed by atoms with Gasteiger partial charge in [0.1, 0.15) is 5.75 Å². The fourth-order valence-corrected chi connectivity index (χ4v) is 1.99. The van der Waals surface area contributed by atoms with Crippen LogP contribution in [0.4, 0.5) is 13.2 Å². The summed E-state index contributed by atoms with van der Waals surface area (Å²) in [5, 5.41) is 0.425. The Bertz CT molecular complexity index is 629. The SMILES string of the molecule is COc1cc(C(N)c2ccc(C(F)(F)F)cn2)ccc1Cl. The van der Waals surface area contributed by atoms with E-state index in [0.29, 0.717) is 22.0 Å². The maximum absolute atomic E-state index is 12.5. The number of ether oxygens (including phenoxy) is 1. The van der Waals surface area contributed by atoms with Gasteiger partial charge in [0.2, 0.25) is 0 Å². The summed E-state index contributed by atoms with van der Waals surface area (Å²) in [6.45, 7) is 0. The van der Waals surface area contributed by atoms with Crippen molar-refractivity contribution in [2.75, 3.05) is 7.11 Å². The third kappa shape index (κ3) is 3.46. The van der Waals surface area contributed by atoms with E-state index in [4.69, 9.17) is 22.1 Å². The van der Waals surface area contributed by atoms with Crippen molar-refractivity contribution >= 4 is 11.6 Å². The molecule has 0 radical (unpaired) electrons. The van der Waals surface area contributed by atoms with Crippen LogP contribution in [-0.2, 0) is 6.18 Å². The van der Waals surface area contributed by atoms with E-state index < -0.39 is 17.8 Å². The Kier molecular flexibility index (Phi) is 4.39. The second kappa shape index (κ2) is 5.91. The van der Waals surface area contributed by atoms with E-state index in [1.807, 2.05) is 0 Å². The van der Waals surface area contributed by atoms with E-state index >= 15 is 0 Å². The lowest BCUT2D eigenvalue weighted by Gasteiger charge is -2.14. The van der Waals surface area contributed by atoms with Crippen LogP contribution in [0.5, 0.6) is 5.75 Å². The van der Waals surface area contributed by atoms with Crippen LogP contribution < -0.4 is 10.5 Å². The first-order valence-corrected chi connectivity index (χ1v) is 6.33. The molecular weight excluding hydrogens is 305 g/mol. The largest absolute Gasteiger partial charge is 0.495 e. The molecule has 1 aromatic heterocycles. The van der Waals surface area contributed by atoms with Gasteiger partial charge in [-0.3, -0.25) is 4.98 Å². The predicted molar refractivity (Wildman–Crippen MR) is 73.3 cm³/mol. The molecule has 1 aromatic carbocycles. The lowest BCUT2D eigenvalue weighted by atomic mass is 10.0. The molecule has 2 aromatic rings. The number of rotatable bonds is 3. The highest BCUT2D eigenvalue weighted by atomic mass is 35.5. The van der Waals surface area contributed by atoms with E-state index in [0.717, 1.165) is 12.3 Å². The normalized spacial score (nSPS) is 13.0. The van der Waals surface area contributed by atoms with Crippen LogP contribution in [0.15, 0.2) is 36.5 Å². The number of nitrogens with zero attached hydrogens (tertiary/aromatic N) is 1. The number of methoxy groups -OCH3 is 1. The van der Waals surface area contributed by atoms with Crippen molar-refractivity contribution in [3.05, 3.63) is 58.4 Å². The summed E-state index contributed by atoms with van der Waals surface area (Å²) < 4.78 is 42.5. The molecule has 1 unspecified atom stereocenters. The summed E-state index contributed by atoms with van der Waals surface area (Å²) in [5.74, 6) is 0.441. The van der Waals surface area contributed by atoms with Gasteiger partial charge < -0.3 is 10.5 Å². The van der Waals surface area contributed by atoms with Gasteiger partial charge in [0.25, 0.3) is 0 Å². The standard InChI is InChI=1S/C14H12ClF3N2O/c1-21-12-6-8(2-4-10(12)15)13(19)11-5-3-9(7-20-11)14(16,17)18/h2-7,13H,19H2,1H3. The minimum absolute atomic E-state index is 0.326. The molecule has 2 N–H and O–H groups in total. The molecule has 0 saturated heterocycles. The zero-order valence-electron chi connectivity index (χ0n) is 11.0. The van der Waals surface area contributed by atoms with Gasteiger partial charge in [0.05, 0.1) is 29.4 Å². The Hall–Kier alpha value is -1.79. The Balaban J connectivity index is 2.29. The monoisotopic (exact) mass is 316 g/mol. The number of pyridine rings is 1. The van der Waals surface area contributed by atoms with Crippen LogP contribution >= 0.6 is 11.6 Å². The van der Waals surface area contributed by atoms with Crippen LogP contribution in [0.1, 0.15) is 22.9 Å². The van der Waals surface area contributed by atoms with E-state index in [1.54, 1.807) is 18.2 Å². The van der Waals surface area contributed by atoms with Gasteiger partial charge in [-0.15, -0.1) is 0 Å². The van der Waals surface area contributed by atoms with Crippen molar-refractivity contribution in [1.29, 1.82) is 0 Å². The number of halogens is 4. The van der Waals surface area contributed by atoms with Gasteiger partial charge in [-0.1, -0.05) is 17.7 Å². The highest BCUT2D eigenvalue weighted by Crippen LogP contribution is 2.31. The smallest absolute Gasteiger partial charge is 0.417 e. The van der Waals surface area contributed by atoms with Crippen molar-refractivity contribution < 1.29 is 17.9 Å². The molecule has 3 nitrogen and oxygen atoms in total. The van der Waals surface area contributed by atoms with Crippen LogP contribution in [0, 0.1) is 0 Å². The molecule has 0 fully saturated rings. The second-order valence-electron chi connectivity index (χ2n) is 4.34.